The number of amides is 2. The topological polar surface area (TPSA) is 183 Å². The van der Waals surface area contributed by atoms with Gasteiger partial charge < -0.3 is 32.0 Å². The average molecular weight is 642 g/mol. The molecule has 2 amide bonds. The van der Waals surface area contributed by atoms with Crippen LogP contribution in [-0.2, 0) is 32.3 Å². The zero-order chi connectivity index (χ0) is 32.6. The molecule has 0 aliphatic heterocycles. The first-order valence-electron chi connectivity index (χ1n) is 16.4. The number of aromatic amines is 1. The molecule has 0 bridgehead atoms. The van der Waals surface area contributed by atoms with Crippen molar-refractivity contribution in [1.29, 1.82) is 0 Å². The summed E-state index contributed by atoms with van der Waals surface area (Å²) in [5, 5.41) is 8.47. The largest absolute Gasteiger partial charge is 0.508 e. The second-order valence-corrected chi connectivity index (χ2v) is 16.8. The molecule has 11 nitrogen and oxygen atoms in total. The van der Waals surface area contributed by atoms with Gasteiger partial charge in [-0.3, -0.25) is 9.59 Å². The van der Waals surface area contributed by atoms with Crippen molar-refractivity contribution < 1.29 is 23.1 Å². The first-order chi connectivity index (χ1) is 21.4. The number of carbonyl (C=O) groups excluding carboxylic acids is 2. The van der Waals surface area contributed by atoms with Crippen LogP contribution in [0.1, 0.15) is 83.4 Å². The first kappa shape index (κ1) is 34.7. The van der Waals surface area contributed by atoms with Gasteiger partial charge >= 0.3 is 0 Å². The molecule has 1 aromatic carbocycles. The lowest BCUT2D eigenvalue weighted by Gasteiger charge is -2.33. The van der Waals surface area contributed by atoms with Gasteiger partial charge in [0.1, 0.15) is 6.04 Å². The molecular weight excluding hydrogens is 590 g/mol. The van der Waals surface area contributed by atoms with Crippen molar-refractivity contribution in [2.75, 3.05) is 5.75 Å². The van der Waals surface area contributed by atoms with Gasteiger partial charge in [0.05, 0.1) is 34.8 Å². The Bertz CT molecular complexity index is 1350. The summed E-state index contributed by atoms with van der Waals surface area (Å²) >= 11 is 0. The molecule has 6 N–H and O–H groups in total. The molecule has 2 aromatic rings. The first-order valence-corrected chi connectivity index (χ1v) is 18.0. The van der Waals surface area contributed by atoms with E-state index in [1.165, 1.54) is 12.7 Å². The molecule has 2 aliphatic rings. The zero-order valence-electron chi connectivity index (χ0n) is 26.9. The maximum absolute atomic E-state index is 14.1. The number of hydrogen-bond donors (Lipinski definition) is 5. The van der Waals surface area contributed by atoms with Crippen molar-refractivity contribution >= 4 is 21.7 Å². The standard InChI is InChI=1S/C33H51N7O4S/c1-33(2,3)45(43,44)20-25(16-22-10-6-4-7-11-22)31(41)39-28(18-26-19-36-21-37-26)32(42)38-27(17-23-12-8-5-9-13-23)30(40-35)29(34)24-14-15-24/h4,6-7,10-11,19,21,23-25,27-30,40H,5,8-9,12-18,20,34H2,1-3H3,(H,36,37)(H,38,42)(H,39,41)/t25-,27+,28+,29+,30-/m1/s1. The highest BCUT2D eigenvalue weighted by molar-refractivity contribution is 7.92. The summed E-state index contributed by atoms with van der Waals surface area (Å²) in [6.07, 6.45) is 11.7. The molecule has 0 radical (unpaired) electrons. The fraction of sp³-hybridized carbons (Fsp3) is 0.667. The van der Waals surface area contributed by atoms with Gasteiger partial charge in [-0.05, 0) is 63.9 Å². The molecule has 1 heterocycles. The number of aromatic nitrogens is 2. The van der Waals surface area contributed by atoms with Gasteiger partial charge in [-0.15, -0.1) is 0 Å². The van der Waals surface area contributed by atoms with Crippen molar-refractivity contribution in [3.8, 4) is 0 Å². The number of nitrogens with zero attached hydrogens (tertiary/aromatic N) is 2. The fourth-order valence-corrected chi connectivity index (χ4v) is 7.63. The predicted octanol–water partition coefficient (Wildman–Crippen LogP) is 2.17. The summed E-state index contributed by atoms with van der Waals surface area (Å²) in [5.74, 6) is -1.52. The van der Waals surface area contributed by atoms with E-state index in [4.69, 9.17) is 5.73 Å². The molecule has 2 aliphatic carbocycles. The van der Waals surface area contributed by atoms with Crippen LogP contribution < -0.4 is 21.5 Å². The van der Waals surface area contributed by atoms with Crippen LogP contribution in [-0.4, -0.2) is 64.9 Å². The van der Waals surface area contributed by atoms with Gasteiger partial charge in [0, 0.05) is 18.3 Å². The van der Waals surface area contributed by atoms with E-state index in [-0.39, 0.29) is 30.6 Å². The highest BCUT2D eigenvalue weighted by Crippen LogP contribution is 2.34. The Morgan fingerprint density at radius 2 is 1.73 bits per heavy atom. The molecule has 2 fully saturated rings. The minimum Gasteiger partial charge on any atom is -0.508 e. The highest BCUT2D eigenvalue weighted by Gasteiger charge is 2.42. The van der Waals surface area contributed by atoms with Crippen LogP contribution in [0.5, 0.6) is 0 Å². The minimum absolute atomic E-state index is 0.129. The maximum atomic E-state index is 14.1. The summed E-state index contributed by atoms with van der Waals surface area (Å²) in [4.78, 5) is 35.1. The molecule has 248 valence electrons. The van der Waals surface area contributed by atoms with E-state index in [2.05, 4.69) is 25.7 Å². The number of H-pyrrole nitrogens is 1. The van der Waals surface area contributed by atoms with Crippen LogP contribution in [0.15, 0.2) is 42.9 Å². The molecule has 12 heteroatoms. The zero-order valence-corrected chi connectivity index (χ0v) is 27.7. The third kappa shape index (κ3) is 9.93. The van der Waals surface area contributed by atoms with Crippen LogP contribution in [0, 0.1) is 17.8 Å². The quantitative estimate of drug-likeness (QED) is 0.175. The fourth-order valence-electron chi connectivity index (χ4n) is 6.34. The van der Waals surface area contributed by atoms with Gasteiger partial charge in [0.15, 0.2) is 15.9 Å². The molecule has 0 spiro atoms. The number of hydrogen-bond acceptors (Lipinski definition) is 6. The third-order valence-corrected chi connectivity index (χ3v) is 12.2. The lowest BCUT2D eigenvalue weighted by Crippen LogP contribution is -2.83. The van der Waals surface area contributed by atoms with Crippen molar-refractivity contribution in [1.82, 2.24) is 20.6 Å². The van der Waals surface area contributed by atoms with Crippen LogP contribution in [0.4, 0.5) is 0 Å². The summed E-state index contributed by atoms with van der Waals surface area (Å²) in [6, 6.07) is 6.94. The SMILES string of the molecule is CC(C)(C)S(=O)(=O)C[C@@H](Cc1ccccc1)C(=O)N[C@@H](Cc1cnc[nH]1)C(=O)N[C@@H](CC1CCCCC1)[C@@H]([NH+]=[N-])[C@@H](N)C1CC1. The molecule has 1 aromatic heterocycles. The molecule has 2 saturated carbocycles. The van der Waals surface area contributed by atoms with E-state index < -0.39 is 50.4 Å². The number of imidazole rings is 1. The molecule has 0 unspecified atom stereocenters. The van der Waals surface area contributed by atoms with Crippen molar-refractivity contribution in [2.45, 2.75) is 114 Å². The number of carbonyl (C=O) groups is 2. The summed E-state index contributed by atoms with van der Waals surface area (Å²) in [5.41, 5.74) is 18.3. The molecule has 0 saturated heterocycles. The predicted molar refractivity (Wildman–Crippen MR) is 173 cm³/mol. The second kappa shape index (κ2) is 15.4. The Labute approximate surface area is 267 Å². The average Bonchev–Trinajstić information content (AvgIpc) is 3.73. The number of sulfone groups is 1. The number of nitrogens with two attached hydrogens (primary N) is 1. The molecule has 45 heavy (non-hydrogen) atoms. The van der Waals surface area contributed by atoms with Crippen molar-refractivity contribution in [3.05, 3.63) is 59.6 Å². The summed E-state index contributed by atoms with van der Waals surface area (Å²) in [7, 11) is -3.66. The Kier molecular flexibility index (Phi) is 11.9. The minimum atomic E-state index is -3.66. The van der Waals surface area contributed by atoms with Gasteiger partial charge in [-0.2, -0.15) is 0 Å². The van der Waals surface area contributed by atoms with Gasteiger partial charge in [0.25, 0.3) is 0 Å². The Balaban J connectivity index is 1.58. The Hall–Kier alpha value is -3.12. The van der Waals surface area contributed by atoms with Gasteiger partial charge in [-0.1, -0.05) is 62.4 Å². The van der Waals surface area contributed by atoms with E-state index in [9.17, 15) is 23.5 Å². The van der Waals surface area contributed by atoms with E-state index in [0.717, 1.165) is 44.1 Å². The summed E-state index contributed by atoms with van der Waals surface area (Å²) in [6.45, 7) is 4.87. The van der Waals surface area contributed by atoms with E-state index in [1.54, 1.807) is 27.0 Å². The monoisotopic (exact) mass is 641 g/mol. The van der Waals surface area contributed by atoms with Crippen molar-refractivity contribution in [3.63, 3.8) is 0 Å². The van der Waals surface area contributed by atoms with Gasteiger partial charge in [0.2, 0.25) is 11.8 Å². The van der Waals surface area contributed by atoms with Crippen LogP contribution >= 0.6 is 0 Å². The maximum Gasteiger partial charge on any atom is 0.243 e. The van der Waals surface area contributed by atoms with Crippen LogP contribution in [0.3, 0.4) is 0 Å². The van der Waals surface area contributed by atoms with Crippen LogP contribution in [0.2, 0.25) is 0 Å². The molecular formula is C33H51N7O4S. The molecule has 4 rings (SSSR count). The normalized spacial score (nSPS) is 19.6. The Morgan fingerprint density at radius 3 is 2.31 bits per heavy atom. The lowest BCUT2D eigenvalue weighted by molar-refractivity contribution is -0.534. The molecule has 5 atom stereocenters. The number of benzene rings is 1. The lowest BCUT2D eigenvalue weighted by atomic mass is 9.81. The third-order valence-electron chi connectivity index (χ3n) is 9.46. The number of rotatable bonds is 16. The summed E-state index contributed by atoms with van der Waals surface area (Å²) < 4.78 is 25.5. The second-order valence-electron chi connectivity index (χ2n) is 14.0. The highest BCUT2D eigenvalue weighted by atomic mass is 32.2. The van der Waals surface area contributed by atoms with E-state index in [0.29, 0.717) is 18.0 Å². The Morgan fingerprint density at radius 1 is 1.04 bits per heavy atom. The number of nitrogens with one attached hydrogen (secondary N) is 4. The smallest absolute Gasteiger partial charge is 0.243 e. The van der Waals surface area contributed by atoms with E-state index in [1.807, 2.05) is 30.3 Å². The van der Waals surface area contributed by atoms with Crippen molar-refractivity contribution in [2.24, 2.45) is 23.5 Å². The van der Waals surface area contributed by atoms with Crippen LogP contribution in [0.25, 0.3) is 5.53 Å². The van der Waals surface area contributed by atoms with Gasteiger partial charge in [-0.25, -0.2) is 13.4 Å². The van der Waals surface area contributed by atoms with E-state index >= 15 is 0 Å².